The molecule has 0 aliphatic carbocycles. The SMILES string of the molecule is O=C(Cn1cnnn1)Nc1cccc(CCCO)c1. The Bertz CT molecular complexity index is 527. The summed E-state index contributed by atoms with van der Waals surface area (Å²) in [6.45, 7) is 0.240. The molecule has 2 aromatic rings. The van der Waals surface area contributed by atoms with Gasteiger partial charge in [0.05, 0.1) is 0 Å². The highest BCUT2D eigenvalue weighted by Crippen LogP contribution is 2.12. The van der Waals surface area contributed by atoms with Crippen molar-refractivity contribution in [2.24, 2.45) is 0 Å². The molecule has 0 atom stereocenters. The van der Waals surface area contributed by atoms with E-state index in [2.05, 4.69) is 20.8 Å². The summed E-state index contributed by atoms with van der Waals surface area (Å²) in [5, 5.41) is 22.1. The molecule has 0 saturated heterocycles. The topological polar surface area (TPSA) is 92.9 Å². The maximum absolute atomic E-state index is 11.7. The molecule has 0 spiro atoms. The van der Waals surface area contributed by atoms with Crippen LogP contribution >= 0.6 is 0 Å². The van der Waals surface area contributed by atoms with Gasteiger partial charge in [-0.2, -0.15) is 0 Å². The van der Waals surface area contributed by atoms with Crippen molar-refractivity contribution >= 4 is 11.6 Å². The molecular weight excluding hydrogens is 246 g/mol. The van der Waals surface area contributed by atoms with Crippen molar-refractivity contribution in [2.75, 3.05) is 11.9 Å². The lowest BCUT2D eigenvalue weighted by atomic mass is 10.1. The molecule has 100 valence electrons. The number of tetrazole rings is 1. The van der Waals surface area contributed by atoms with Crippen LogP contribution in [0.3, 0.4) is 0 Å². The van der Waals surface area contributed by atoms with Gasteiger partial charge in [0.25, 0.3) is 0 Å². The zero-order valence-electron chi connectivity index (χ0n) is 10.4. The van der Waals surface area contributed by atoms with Crippen LogP contribution in [-0.4, -0.2) is 37.8 Å². The predicted molar refractivity (Wildman–Crippen MR) is 68.3 cm³/mol. The van der Waals surface area contributed by atoms with Gasteiger partial charge >= 0.3 is 0 Å². The Morgan fingerprint density at radius 2 is 2.32 bits per heavy atom. The molecular formula is C12H15N5O2. The van der Waals surface area contributed by atoms with Gasteiger partial charge < -0.3 is 10.4 Å². The number of aromatic nitrogens is 4. The van der Waals surface area contributed by atoms with Crippen LogP contribution in [-0.2, 0) is 17.8 Å². The molecule has 2 rings (SSSR count). The molecule has 0 aliphatic rings. The number of carbonyl (C=O) groups is 1. The summed E-state index contributed by atoms with van der Waals surface area (Å²) in [6.07, 6.45) is 2.88. The molecule has 7 heteroatoms. The fourth-order valence-corrected chi connectivity index (χ4v) is 1.69. The van der Waals surface area contributed by atoms with Crippen molar-refractivity contribution in [3.8, 4) is 0 Å². The molecule has 19 heavy (non-hydrogen) atoms. The number of aliphatic hydroxyl groups excluding tert-OH is 1. The molecule has 1 amide bonds. The van der Waals surface area contributed by atoms with Crippen molar-refractivity contribution in [2.45, 2.75) is 19.4 Å². The number of benzene rings is 1. The van der Waals surface area contributed by atoms with Crippen LogP contribution in [0.2, 0.25) is 0 Å². The average Bonchev–Trinajstić information content (AvgIpc) is 2.89. The van der Waals surface area contributed by atoms with Crippen LogP contribution in [0.1, 0.15) is 12.0 Å². The van der Waals surface area contributed by atoms with Crippen LogP contribution in [0.25, 0.3) is 0 Å². The molecule has 0 unspecified atom stereocenters. The van der Waals surface area contributed by atoms with Crippen molar-refractivity contribution < 1.29 is 9.90 Å². The summed E-state index contributed by atoms with van der Waals surface area (Å²) >= 11 is 0. The molecule has 2 N–H and O–H groups in total. The Morgan fingerprint density at radius 1 is 1.42 bits per heavy atom. The zero-order chi connectivity index (χ0) is 13.5. The van der Waals surface area contributed by atoms with E-state index in [1.54, 1.807) is 0 Å². The van der Waals surface area contributed by atoms with E-state index in [0.717, 1.165) is 17.7 Å². The predicted octanol–water partition coefficient (Wildman–Crippen LogP) is 0.237. The highest BCUT2D eigenvalue weighted by Gasteiger charge is 2.05. The summed E-state index contributed by atoms with van der Waals surface area (Å²) in [4.78, 5) is 11.7. The molecule has 1 aromatic carbocycles. The van der Waals surface area contributed by atoms with Gasteiger partial charge in [0.1, 0.15) is 12.9 Å². The van der Waals surface area contributed by atoms with Crippen LogP contribution in [0.4, 0.5) is 5.69 Å². The van der Waals surface area contributed by atoms with E-state index in [9.17, 15) is 4.79 Å². The largest absolute Gasteiger partial charge is 0.396 e. The van der Waals surface area contributed by atoms with Crippen molar-refractivity contribution in [1.29, 1.82) is 0 Å². The number of carbonyl (C=O) groups excluding carboxylic acids is 1. The Labute approximate surface area is 110 Å². The summed E-state index contributed by atoms with van der Waals surface area (Å²) in [5.74, 6) is -0.188. The third-order valence-electron chi connectivity index (χ3n) is 2.53. The van der Waals surface area contributed by atoms with Gasteiger partial charge in [-0.1, -0.05) is 12.1 Å². The Balaban J connectivity index is 1.92. The zero-order valence-corrected chi connectivity index (χ0v) is 10.4. The first-order valence-electron chi connectivity index (χ1n) is 5.98. The number of nitrogens with one attached hydrogen (secondary N) is 1. The fourth-order valence-electron chi connectivity index (χ4n) is 1.69. The number of amides is 1. The molecule has 0 fully saturated rings. The molecule has 0 radical (unpaired) electrons. The van der Waals surface area contributed by atoms with E-state index in [1.165, 1.54) is 11.0 Å². The van der Waals surface area contributed by atoms with Gasteiger partial charge in [-0.25, -0.2) is 4.68 Å². The van der Waals surface area contributed by atoms with Crippen LogP contribution in [0.5, 0.6) is 0 Å². The fraction of sp³-hybridized carbons (Fsp3) is 0.333. The van der Waals surface area contributed by atoms with E-state index in [0.29, 0.717) is 6.42 Å². The van der Waals surface area contributed by atoms with Gasteiger partial charge in [0.2, 0.25) is 5.91 Å². The number of aliphatic hydroxyl groups is 1. The lowest BCUT2D eigenvalue weighted by Crippen LogP contribution is -2.19. The van der Waals surface area contributed by atoms with Gasteiger partial charge in [0.15, 0.2) is 0 Å². The molecule has 1 heterocycles. The smallest absolute Gasteiger partial charge is 0.246 e. The second-order valence-electron chi connectivity index (χ2n) is 4.08. The lowest BCUT2D eigenvalue weighted by Gasteiger charge is -2.07. The standard InChI is InChI=1S/C12H15N5O2/c18-6-2-4-10-3-1-5-11(7-10)14-12(19)8-17-9-13-15-16-17/h1,3,5,7,9,18H,2,4,6,8H2,(H,14,19). The Morgan fingerprint density at radius 3 is 3.05 bits per heavy atom. The lowest BCUT2D eigenvalue weighted by molar-refractivity contribution is -0.116. The number of rotatable bonds is 6. The first-order valence-corrected chi connectivity index (χ1v) is 5.98. The minimum Gasteiger partial charge on any atom is -0.396 e. The molecule has 0 aliphatic heterocycles. The third kappa shape index (κ3) is 4.14. The second-order valence-corrected chi connectivity index (χ2v) is 4.08. The van der Waals surface area contributed by atoms with E-state index in [-0.39, 0.29) is 19.1 Å². The van der Waals surface area contributed by atoms with Crippen LogP contribution in [0, 0.1) is 0 Å². The molecule has 0 saturated carbocycles. The molecule has 0 bridgehead atoms. The van der Waals surface area contributed by atoms with Crippen molar-refractivity contribution in [1.82, 2.24) is 20.2 Å². The maximum atomic E-state index is 11.7. The number of aryl methyl sites for hydroxylation is 1. The highest BCUT2D eigenvalue weighted by atomic mass is 16.2. The van der Waals surface area contributed by atoms with Crippen molar-refractivity contribution in [3.05, 3.63) is 36.2 Å². The summed E-state index contributed by atoms with van der Waals surface area (Å²) in [5.41, 5.74) is 1.81. The first-order chi connectivity index (χ1) is 9.28. The van der Waals surface area contributed by atoms with Crippen LogP contribution in [0.15, 0.2) is 30.6 Å². The van der Waals surface area contributed by atoms with Crippen LogP contribution < -0.4 is 5.32 Å². The van der Waals surface area contributed by atoms with Crippen molar-refractivity contribution in [3.63, 3.8) is 0 Å². The monoisotopic (exact) mass is 261 g/mol. The number of nitrogens with zero attached hydrogens (tertiary/aromatic N) is 4. The van der Waals surface area contributed by atoms with E-state index >= 15 is 0 Å². The van der Waals surface area contributed by atoms with Gasteiger partial charge in [-0.15, -0.1) is 5.10 Å². The Hall–Kier alpha value is -2.28. The maximum Gasteiger partial charge on any atom is 0.246 e. The summed E-state index contributed by atoms with van der Waals surface area (Å²) in [6, 6.07) is 7.55. The summed E-state index contributed by atoms with van der Waals surface area (Å²) in [7, 11) is 0. The number of hydrogen-bond acceptors (Lipinski definition) is 5. The van der Waals surface area contributed by atoms with E-state index in [4.69, 9.17) is 5.11 Å². The third-order valence-corrected chi connectivity index (χ3v) is 2.53. The molecule has 7 nitrogen and oxygen atoms in total. The second kappa shape index (κ2) is 6.60. The number of anilines is 1. The van der Waals surface area contributed by atoms with Gasteiger partial charge in [0, 0.05) is 12.3 Å². The van der Waals surface area contributed by atoms with Gasteiger partial charge in [-0.05, 0) is 41.0 Å². The molecule has 1 aromatic heterocycles. The minimum absolute atomic E-state index is 0.0772. The quantitative estimate of drug-likeness (QED) is 0.776. The normalized spacial score (nSPS) is 10.4. The van der Waals surface area contributed by atoms with Gasteiger partial charge in [-0.3, -0.25) is 4.79 Å². The van der Waals surface area contributed by atoms with E-state index < -0.39 is 0 Å². The van der Waals surface area contributed by atoms with E-state index in [1.807, 2.05) is 24.3 Å². The average molecular weight is 261 g/mol. The number of hydrogen-bond donors (Lipinski definition) is 2. The minimum atomic E-state index is -0.188. The Kier molecular flexibility index (Phi) is 4.57. The first kappa shape index (κ1) is 13.2. The summed E-state index contributed by atoms with van der Waals surface area (Å²) < 4.78 is 1.35. The highest BCUT2D eigenvalue weighted by molar-refractivity contribution is 5.90.